The van der Waals surface area contributed by atoms with Crippen molar-refractivity contribution in [1.82, 2.24) is 9.97 Å². The Morgan fingerprint density at radius 2 is 1.88 bits per heavy atom. The first kappa shape index (κ1) is 12.1. The molecule has 1 aromatic heterocycles. The summed E-state index contributed by atoms with van der Waals surface area (Å²) in [5.41, 5.74) is 6.84. The fourth-order valence-electron chi connectivity index (χ4n) is 2.50. The molecule has 2 unspecified atom stereocenters. The molecule has 2 rings (SSSR count). The first-order valence-corrected chi connectivity index (χ1v) is 6.45. The average molecular weight is 234 g/mol. The molecule has 0 saturated heterocycles. The van der Waals surface area contributed by atoms with E-state index in [1.54, 1.807) is 0 Å². The summed E-state index contributed by atoms with van der Waals surface area (Å²) in [5, 5.41) is 3.55. The molecule has 0 aromatic carbocycles. The van der Waals surface area contributed by atoms with Gasteiger partial charge in [0.25, 0.3) is 0 Å². The number of hydrogen-bond donors (Lipinski definition) is 2. The van der Waals surface area contributed by atoms with Crippen LogP contribution < -0.4 is 11.1 Å². The summed E-state index contributed by atoms with van der Waals surface area (Å²) >= 11 is 0. The normalized spacial score (nSPS) is 24.6. The van der Waals surface area contributed by atoms with Crippen LogP contribution in [0, 0.1) is 19.8 Å². The third-order valence-corrected chi connectivity index (χ3v) is 3.73. The molecule has 0 spiro atoms. The molecule has 1 aromatic rings. The third kappa shape index (κ3) is 2.68. The molecule has 3 N–H and O–H groups in total. The van der Waals surface area contributed by atoms with Gasteiger partial charge in [0.2, 0.25) is 0 Å². The van der Waals surface area contributed by atoms with E-state index in [1.807, 2.05) is 13.8 Å². The van der Waals surface area contributed by atoms with E-state index in [0.717, 1.165) is 17.2 Å². The maximum atomic E-state index is 5.87. The molecule has 0 amide bonds. The van der Waals surface area contributed by atoms with Gasteiger partial charge in [-0.05, 0) is 32.6 Å². The van der Waals surface area contributed by atoms with Crippen molar-refractivity contribution in [3.63, 3.8) is 0 Å². The van der Waals surface area contributed by atoms with Gasteiger partial charge in [-0.3, -0.25) is 0 Å². The van der Waals surface area contributed by atoms with Gasteiger partial charge in [-0.1, -0.05) is 19.8 Å². The van der Waals surface area contributed by atoms with Crippen LogP contribution in [0.4, 0.5) is 11.6 Å². The maximum Gasteiger partial charge on any atom is 0.134 e. The van der Waals surface area contributed by atoms with Gasteiger partial charge in [0.1, 0.15) is 17.5 Å². The Balaban J connectivity index is 2.17. The second kappa shape index (κ2) is 4.90. The molecular formula is C13H22N4. The molecule has 0 radical (unpaired) electrons. The average Bonchev–Trinajstić information content (AvgIpc) is 2.28. The van der Waals surface area contributed by atoms with Gasteiger partial charge in [-0.15, -0.1) is 0 Å². The van der Waals surface area contributed by atoms with E-state index in [9.17, 15) is 0 Å². The van der Waals surface area contributed by atoms with Crippen molar-refractivity contribution in [3.05, 3.63) is 11.4 Å². The van der Waals surface area contributed by atoms with Crippen LogP contribution in [-0.2, 0) is 0 Å². The number of aromatic nitrogens is 2. The molecule has 1 aliphatic carbocycles. The van der Waals surface area contributed by atoms with E-state index in [0.29, 0.717) is 17.8 Å². The quantitative estimate of drug-likeness (QED) is 0.825. The highest BCUT2D eigenvalue weighted by Crippen LogP contribution is 2.28. The Kier molecular flexibility index (Phi) is 3.50. The number of hydrogen-bond acceptors (Lipinski definition) is 4. The molecule has 94 valence electrons. The van der Waals surface area contributed by atoms with E-state index in [2.05, 4.69) is 22.2 Å². The summed E-state index contributed by atoms with van der Waals surface area (Å²) in [5.74, 6) is 2.94. The summed E-state index contributed by atoms with van der Waals surface area (Å²) in [7, 11) is 0. The van der Waals surface area contributed by atoms with Crippen LogP contribution in [-0.4, -0.2) is 16.0 Å². The summed E-state index contributed by atoms with van der Waals surface area (Å²) in [4.78, 5) is 8.63. The number of nitrogens with two attached hydrogens (primary N) is 1. The third-order valence-electron chi connectivity index (χ3n) is 3.73. The van der Waals surface area contributed by atoms with Crippen LogP contribution in [0.3, 0.4) is 0 Å². The molecule has 2 atom stereocenters. The highest BCUT2D eigenvalue weighted by molar-refractivity contribution is 5.55. The van der Waals surface area contributed by atoms with Crippen LogP contribution >= 0.6 is 0 Å². The van der Waals surface area contributed by atoms with Gasteiger partial charge in [0.05, 0.1) is 0 Å². The highest BCUT2D eigenvalue weighted by atomic mass is 15.1. The van der Waals surface area contributed by atoms with E-state index in [1.165, 1.54) is 25.7 Å². The number of nitrogens with one attached hydrogen (secondary N) is 1. The number of nitrogen functional groups attached to an aromatic ring is 1. The number of anilines is 2. The van der Waals surface area contributed by atoms with Gasteiger partial charge < -0.3 is 11.1 Å². The lowest BCUT2D eigenvalue weighted by atomic mass is 9.86. The molecule has 1 aliphatic rings. The van der Waals surface area contributed by atoms with Crippen LogP contribution in [0.15, 0.2) is 0 Å². The monoisotopic (exact) mass is 234 g/mol. The van der Waals surface area contributed by atoms with E-state index < -0.39 is 0 Å². The van der Waals surface area contributed by atoms with Crippen LogP contribution in [0.25, 0.3) is 0 Å². The Morgan fingerprint density at radius 1 is 1.18 bits per heavy atom. The minimum atomic E-state index is 0.524. The van der Waals surface area contributed by atoms with Crippen molar-refractivity contribution in [1.29, 1.82) is 0 Å². The van der Waals surface area contributed by atoms with E-state index in [-0.39, 0.29) is 0 Å². The zero-order valence-corrected chi connectivity index (χ0v) is 11.0. The summed E-state index contributed by atoms with van der Waals surface area (Å²) in [6.45, 7) is 6.17. The second-order valence-corrected chi connectivity index (χ2v) is 5.14. The van der Waals surface area contributed by atoms with E-state index in [4.69, 9.17) is 5.73 Å². The van der Waals surface area contributed by atoms with Crippen molar-refractivity contribution in [3.8, 4) is 0 Å². The number of aryl methyl sites for hydroxylation is 1. The summed E-state index contributed by atoms with van der Waals surface area (Å²) < 4.78 is 0. The predicted octanol–water partition coefficient (Wildman–Crippen LogP) is 2.67. The van der Waals surface area contributed by atoms with Gasteiger partial charge in [0.15, 0.2) is 0 Å². The molecule has 1 saturated carbocycles. The molecule has 1 fully saturated rings. The molecule has 4 nitrogen and oxygen atoms in total. The minimum Gasteiger partial charge on any atom is -0.383 e. The van der Waals surface area contributed by atoms with Gasteiger partial charge in [-0.2, -0.15) is 0 Å². The standard InChI is InChI=1S/C13H22N4/c1-8-6-4-5-7-11(8)17-13-9(2)12(14)15-10(3)16-13/h8,11H,4-7H2,1-3H3,(H3,14,15,16,17). The van der Waals surface area contributed by atoms with E-state index >= 15 is 0 Å². The van der Waals surface area contributed by atoms with Crippen LogP contribution in [0.2, 0.25) is 0 Å². The maximum absolute atomic E-state index is 5.87. The largest absolute Gasteiger partial charge is 0.383 e. The molecule has 1 heterocycles. The molecule has 0 aliphatic heterocycles. The number of nitrogens with zero attached hydrogens (tertiary/aromatic N) is 2. The zero-order chi connectivity index (χ0) is 12.4. The Labute approximate surface area is 103 Å². The lowest BCUT2D eigenvalue weighted by Crippen LogP contribution is -2.31. The second-order valence-electron chi connectivity index (χ2n) is 5.14. The Morgan fingerprint density at radius 3 is 2.59 bits per heavy atom. The van der Waals surface area contributed by atoms with Gasteiger partial charge in [0, 0.05) is 11.6 Å². The van der Waals surface area contributed by atoms with Crippen molar-refractivity contribution in [2.75, 3.05) is 11.1 Å². The molecule has 17 heavy (non-hydrogen) atoms. The fourth-order valence-corrected chi connectivity index (χ4v) is 2.50. The highest BCUT2D eigenvalue weighted by Gasteiger charge is 2.22. The van der Waals surface area contributed by atoms with Gasteiger partial charge in [-0.25, -0.2) is 9.97 Å². The summed E-state index contributed by atoms with van der Waals surface area (Å²) in [6, 6.07) is 0.524. The first-order valence-electron chi connectivity index (χ1n) is 6.45. The van der Waals surface area contributed by atoms with Crippen molar-refractivity contribution >= 4 is 11.6 Å². The number of rotatable bonds is 2. The fraction of sp³-hybridized carbons (Fsp3) is 0.692. The first-order chi connectivity index (χ1) is 8.08. The molecule has 0 bridgehead atoms. The lowest BCUT2D eigenvalue weighted by Gasteiger charge is -2.30. The summed E-state index contributed by atoms with van der Waals surface area (Å²) in [6.07, 6.45) is 5.18. The SMILES string of the molecule is Cc1nc(N)c(C)c(NC2CCCCC2C)n1. The predicted molar refractivity (Wildman–Crippen MR) is 71.0 cm³/mol. The smallest absolute Gasteiger partial charge is 0.134 e. The topological polar surface area (TPSA) is 63.8 Å². The van der Waals surface area contributed by atoms with Crippen molar-refractivity contribution in [2.24, 2.45) is 5.92 Å². The lowest BCUT2D eigenvalue weighted by molar-refractivity contribution is 0.349. The molecular weight excluding hydrogens is 212 g/mol. The van der Waals surface area contributed by atoms with Crippen molar-refractivity contribution < 1.29 is 0 Å². The zero-order valence-electron chi connectivity index (χ0n) is 11.0. The van der Waals surface area contributed by atoms with Crippen LogP contribution in [0.1, 0.15) is 44.0 Å². The van der Waals surface area contributed by atoms with Gasteiger partial charge >= 0.3 is 0 Å². The Hall–Kier alpha value is -1.32. The molecule has 4 heteroatoms. The minimum absolute atomic E-state index is 0.524. The van der Waals surface area contributed by atoms with Crippen LogP contribution in [0.5, 0.6) is 0 Å². The Bertz CT molecular complexity index is 403. The van der Waals surface area contributed by atoms with Crippen molar-refractivity contribution in [2.45, 2.75) is 52.5 Å².